The Hall–Kier alpha value is -1.43. The summed E-state index contributed by atoms with van der Waals surface area (Å²) in [4.78, 5) is 25.9. The molecular weight excluding hydrogens is 302 g/mol. The highest BCUT2D eigenvalue weighted by Crippen LogP contribution is 2.59. The van der Waals surface area contributed by atoms with Crippen molar-refractivity contribution in [2.24, 2.45) is 11.3 Å². The number of furan rings is 1. The van der Waals surface area contributed by atoms with Crippen molar-refractivity contribution in [3.05, 3.63) is 23.7 Å². The standard InChI is InChI=1S/C16H21NO4S/c1-20-15(19)12-9-16(12)5-7-17(8-6-16)14(18)13-4-3-11(21-13)10-22-2/h3-4,12H,5-10H2,1-2H3. The molecule has 1 spiro atoms. The van der Waals surface area contributed by atoms with Crippen molar-refractivity contribution < 1.29 is 18.7 Å². The van der Waals surface area contributed by atoms with Gasteiger partial charge in [0, 0.05) is 13.1 Å². The molecule has 5 nitrogen and oxygen atoms in total. The molecule has 2 fully saturated rings. The Morgan fingerprint density at radius 2 is 2.14 bits per heavy atom. The van der Waals surface area contributed by atoms with Gasteiger partial charge in [0.25, 0.3) is 5.91 Å². The number of thioether (sulfide) groups is 1. The molecule has 1 unspecified atom stereocenters. The van der Waals surface area contributed by atoms with Gasteiger partial charge in [-0.1, -0.05) is 0 Å². The summed E-state index contributed by atoms with van der Waals surface area (Å²) in [5.74, 6) is 1.91. The van der Waals surface area contributed by atoms with Crippen molar-refractivity contribution in [1.82, 2.24) is 4.90 Å². The lowest BCUT2D eigenvalue weighted by atomic mass is 9.90. The van der Waals surface area contributed by atoms with E-state index in [1.807, 2.05) is 17.2 Å². The molecule has 22 heavy (non-hydrogen) atoms. The largest absolute Gasteiger partial charge is 0.469 e. The Balaban J connectivity index is 1.57. The van der Waals surface area contributed by atoms with Crippen molar-refractivity contribution in [2.75, 3.05) is 26.5 Å². The maximum atomic E-state index is 12.5. The summed E-state index contributed by atoms with van der Waals surface area (Å²) in [5.41, 5.74) is 0.0804. The zero-order valence-electron chi connectivity index (χ0n) is 13.0. The molecule has 1 saturated carbocycles. The highest BCUT2D eigenvalue weighted by atomic mass is 32.2. The number of esters is 1. The molecule has 2 heterocycles. The number of nitrogens with zero attached hydrogens (tertiary/aromatic N) is 1. The maximum absolute atomic E-state index is 12.5. The summed E-state index contributed by atoms with van der Waals surface area (Å²) < 4.78 is 10.4. The number of methoxy groups -OCH3 is 1. The van der Waals surface area contributed by atoms with Crippen molar-refractivity contribution in [1.29, 1.82) is 0 Å². The van der Waals surface area contributed by atoms with Gasteiger partial charge >= 0.3 is 5.97 Å². The van der Waals surface area contributed by atoms with Gasteiger partial charge < -0.3 is 14.1 Å². The second-order valence-corrected chi connectivity index (χ2v) is 7.00. The van der Waals surface area contributed by atoms with E-state index in [0.29, 0.717) is 18.8 Å². The first-order valence-corrected chi connectivity index (χ1v) is 8.94. The quantitative estimate of drug-likeness (QED) is 0.797. The molecule has 0 N–H and O–H groups in total. The molecular formula is C16H21NO4S. The molecule has 1 aliphatic carbocycles. The summed E-state index contributed by atoms with van der Waals surface area (Å²) in [6.07, 6.45) is 4.65. The summed E-state index contributed by atoms with van der Waals surface area (Å²) >= 11 is 1.67. The van der Waals surface area contributed by atoms with Gasteiger partial charge in [0.15, 0.2) is 5.76 Å². The predicted octanol–water partition coefficient (Wildman–Crippen LogP) is 2.56. The van der Waals surface area contributed by atoms with Crippen LogP contribution in [0.3, 0.4) is 0 Å². The van der Waals surface area contributed by atoms with Gasteiger partial charge in [-0.25, -0.2) is 0 Å². The number of piperidine rings is 1. The second-order valence-electron chi connectivity index (χ2n) is 6.13. The van der Waals surface area contributed by atoms with Crippen molar-refractivity contribution in [3.63, 3.8) is 0 Å². The van der Waals surface area contributed by atoms with Crippen molar-refractivity contribution in [3.8, 4) is 0 Å². The zero-order chi connectivity index (χ0) is 15.7. The van der Waals surface area contributed by atoms with E-state index in [-0.39, 0.29) is 23.2 Å². The molecule has 2 aliphatic rings. The van der Waals surface area contributed by atoms with E-state index in [1.54, 1.807) is 17.8 Å². The summed E-state index contributed by atoms with van der Waals surface area (Å²) in [5, 5.41) is 0. The highest BCUT2D eigenvalue weighted by Gasteiger charge is 2.59. The number of likely N-dealkylation sites (tertiary alicyclic amines) is 1. The van der Waals surface area contributed by atoms with Gasteiger partial charge in [-0.15, -0.1) is 0 Å². The molecule has 1 aromatic heterocycles. The van der Waals surface area contributed by atoms with Gasteiger partial charge in [0.1, 0.15) is 5.76 Å². The minimum absolute atomic E-state index is 0.0338. The van der Waals surface area contributed by atoms with Crippen LogP contribution in [0.2, 0.25) is 0 Å². The summed E-state index contributed by atoms with van der Waals surface area (Å²) in [6.45, 7) is 1.37. The Morgan fingerprint density at radius 1 is 1.41 bits per heavy atom. The van der Waals surface area contributed by atoms with Crippen molar-refractivity contribution >= 4 is 23.6 Å². The van der Waals surface area contributed by atoms with Crippen LogP contribution < -0.4 is 0 Å². The lowest BCUT2D eigenvalue weighted by molar-refractivity contribution is -0.143. The summed E-state index contributed by atoms with van der Waals surface area (Å²) in [6, 6.07) is 3.62. The van der Waals surface area contributed by atoms with Crippen LogP contribution in [0.1, 0.15) is 35.6 Å². The number of carbonyl (C=O) groups excluding carboxylic acids is 2. The van der Waals surface area contributed by atoms with E-state index < -0.39 is 0 Å². The predicted molar refractivity (Wildman–Crippen MR) is 83.6 cm³/mol. The van der Waals surface area contributed by atoms with Crippen LogP contribution in [0.15, 0.2) is 16.5 Å². The van der Waals surface area contributed by atoms with Crippen molar-refractivity contribution in [2.45, 2.75) is 25.0 Å². The Bertz CT molecular complexity index is 574. The van der Waals surface area contributed by atoms with E-state index in [4.69, 9.17) is 9.15 Å². The number of hydrogen-bond donors (Lipinski definition) is 0. The molecule has 6 heteroatoms. The smallest absolute Gasteiger partial charge is 0.309 e. The third-order valence-electron chi connectivity index (χ3n) is 4.88. The number of rotatable bonds is 4. The highest BCUT2D eigenvalue weighted by molar-refractivity contribution is 7.97. The first-order chi connectivity index (χ1) is 10.6. The Labute approximate surface area is 134 Å². The lowest BCUT2D eigenvalue weighted by Gasteiger charge is -2.32. The fraction of sp³-hybridized carbons (Fsp3) is 0.625. The monoisotopic (exact) mass is 323 g/mol. The fourth-order valence-corrected chi connectivity index (χ4v) is 3.84. The molecule has 1 aliphatic heterocycles. The fourth-order valence-electron chi connectivity index (χ4n) is 3.40. The van der Waals surface area contributed by atoms with Gasteiger partial charge in [-0.05, 0) is 43.1 Å². The molecule has 1 atom stereocenters. The van der Waals surface area contributed by atoms with Gasteiger partial charge in [-0.3, -0.25) is 9.59 Å². The third kappa shape index (κ3) is 2.76. The number of ether oxygens (including phenoxy) is 1. The SMILES string of the molecule is COC(=O)C1CC12CCN(C(=O)c1ccc(CSC)o1)CC2. The van der Waals surface area contributed by atoms with E-state index in [0.717, 1.165) is 30.8 Å². The molecule has 0 aromatic carbocycles. The van der Waals surface area contributed by atoms with E-state index >= 15 is 0 Å². The molecule has 3 rings (SSSR count). The maximum Gasteiger partial charge on any atom is 0.309 e. The average molecular weight is 323 g/mol. The van der Waals surface area contributed by atoms with E-state index in [2.05, 4.69) is 0 Å². The normalized spacial score (nSPS) is 22.6. The topological polar surface area (TPSA) is 59.8 Å². The van der Waals surface area contributed by atoms with Crippen LogP contribution in [0.5, 0.6) is 0 Å². The molecule has 120 valence electrons. The van der Waals surface area contributed by atoms with Gasteiger partial charge in [0.05, 0.1) is 18.8 Å². The zero-order valence-corrected chi connectivity index (χ0v) is 13.8. The molecule has 1 aromatic rings. The number of amides is 1. The van der Waals surface area contributed by atoms with E-state index in [9.17, 15) is 9.59 Å². The first-order valence-electron chi connectivity index (χ1n) is 7.54. The number of hydrogen-bond acceptors (Lipinski definition) is 5. The minimum Gasteiger partial charge on any atom is -0.469 e. The molecule has 0 radical (unpaired) electrons. The van der Waals surface area contributed by atoms with Crippen LogP contribution in [0.25, 0.3) is 0 Å². The molecule has 1 saturated heterocycles. The van der Waals surface area contributed by atoms with Gasteiger partial charge in [-0.2, -0.15) is 11.8 Å². The third-order valence-corrected chi connectivity index (χ3v) is 5.45. The Morgan fingerprint density at radius 3 is 2.77 bits per heavy atom. The lowest BCUT2D eigenvalue weighted by Crippen LogP contribution is -2.39. The average Bonchev–Trinajstić information content (AvgIpc) is 3.02. The van der Waals surface area contributed by atoms with Crippen LogP contribution in [0.4, 0.5) is 0 Å². The molecule has 1 amide bonds. The molecule has 0 bridgehead atoms. The van der Waals surface area contributed by atoms with E-state index in [1.165, 1.54) is 7.11 Å². The second kappa shape index (κ2) is 5.99. The van der Waals surface area contributed by atoms with Gasteiger partial charge in [0.2, 0.25) is 0 Å². The first kappa shape index (κ1) is 15.5. The summed E-state index contributed by atoms with van der Waals surface area (Å²) in [7, 11) is 1.44. The minimum atomic E-state index is -0.104. The van der Waals surface area contributed by atoms with Crippen LogP contribution in [-0.4, -0.2) is 43.2 Å². The van der Waals surface area contributed by atoms with Crippen LogP contribution >= 0.6 is 11.8 Å². The van der Waals surface area contributed by atoms with Crippen LogP contribution in [0, 0.1) is 11.3 Å². The number of carbonyl (C=O) groups is 2. The Kier molecular flexibility index (Phi) is 4.21. The van der Waals surface area contributed by atoms with Crippen LogP contribution in [-0.2, 0) is 15.3 Å².